The molecular formula is C11H14BrFN2. The number of hydrazine groups is 1. The largest absolute Gasteiger partial charge is 0.271 e. The van der Waals surface area contributed by atoms with E-state index in [1.807, 2.05) is 6.07 Å². The predicted octanol–water partition coefficient (Wildman–Crippen LogP) is 2.37. The summed E-state index contributed by atoms with van der Waals surface area (Å²) >= 11 is 3.34. The second-order valence-electron chi connectivity index (χ2n) is 4.05. The number of benzene rings is 1. The van der Waals surface area contributed by atoms with Crippen molar-refractivity contribution in [2.45, 2.75) is 25.3 Å². The molecule has 0 amide bonds. The van der Waals surface area contributed by atoms with Crippen molar-refractivity contribution in [2.75, 3.05) is 0 Å². The van der Waals surface area contributed by atoms with E-state index in [-0.39, 0.29) is 11.9 Å². The lowest BCUT2D eigenvalue weighted by atomic mass is 10.0. The van der Waals surface area contributed by atoms with Gasteiger partial charge in [0.1, 0.15) is 5.82 Å². The van der Waals surface area contributed by atoms with Gasteiger partial charge in [0.2, 0.25) is 0 Å². The third-order valence-corrected chi connectivity index (χ3v) is 3.35. The van der Waals surface area contributed by atoms with Crippen LogP contribution in [0.15, 0.2) is 22.7 Å². The Hall–Kier alpha value is -0.450. The fraction of sp³-hybridized carbons (Fsp3) is 0.455. The van der Waals surface area contributed by atoms with E-state index in [1.54, 1.807) is 6.07 Å². The zero-order valence-electron chi connectivity index (χ0n) is 8.34. The quantitative estimate of drug-likeness (QED) is 0.653. The van der Waals surface area contributed by atoms with Crippen LogP contribution in [0.25, 0.3) is 0 Å². The van der Waals surface area contributed by atoms with E-state index in [0.717, 1.165) is 10.0 Å². The first-order valence-electron chi connectivity index (χ1n) is 5.10. The molecule has 1 aromatic rings. The first kappa shape index (κ1) is 11.0. The van der Waals surface area contributed by atoms with Crippen LogP contribution >= 0.6 is 15.9 Å². The molecule has 0 saturated heterocycles. The molecule has 0 aliphatic heterocycles. The molecule has 1 unspecified atom stereocenters. The van der Waals surface area contributed by atoms with E-state index in [9.17, 15) is 4.39 Å². The molecule has 1 aliphatic carbocycles. The van der Waals surface area contributed by atoms with Crippen LogP contribution in [0, 0.1) is 11.7 Å². The van der Waals surface area contributed by atoms with Gasteiger partial charge in [0.15, 0.2) is 0 Å². The molecule has 0 heterocycles. The third kappa shape index (κ3) is 2.77. The SMILES string of the molecule is NNC(Cc1cc(Br)ccc1F)C1CC1. The molecule has 1 saturated carbocycles. The maximum Gasteiger partial charge on any atom is 0.126 e. The summed E-state index contributed by atoms with van der Waals surface area (Å²) in [6.07, 6.45) is 3.06. The van der Waals surface area contributed by atoms with Gasteiger partial charge >= 0.3 is 0 Å². The van der Waals surface area contributed by atoms with Crippen LogP contribution in [0.2, 0.25) is 0 Å². The van der Waals surface area contributed by atoms with Gasteiger partial charge in [0, 0.05) is 10.5 Å². The fourth-order valence-electron chi connectivity index (χ4n) is 1.80. The van der Waals surface area contributed by atoms with Crippen LogP contribution in [-0.2, 0) is 6.42 Å². The van der Waals surface area contributed by atoms with E-state index in [0.29, 0.717) is 12.3 Å². The highest BCUT2D eigenvalue weighted by Crippen LogP contribution is 2.34. The standard InChI is InChI=1S/C11H14BrFN2/c12-9-3-4-10(13)8(5-9)6-11(15-14)7-1-2-7/h3-5,7,11,15H,1-2,6,14H2. The highest BCUT2D eigenvalue weighted by atomic mass is 79.9. The molecule has 3 N–H and O–H groups in total. The Kier molecular flexibility index (Phi) is 3.38. The van der Waals surface area contributed by atoms with Gasteiger partial charge in [-0.2, -0.15) is 0 Å². The Balaban J connectivity index is 2.11. The van der Waals surface area contributed by atoms with Crippen LogP contribution in [0.4, 0.5) is 4.39 Å². The second-order valence-corrected chi connectivity index (χ2v) is 4.97. The summed E-state index contributed by atoms with van der Waals surface area (Å²) in [6.45, 7) is 0. The zero-order chi connectivity index (χ0) is 10.8. The molecule has 0 spiro atoms. The van der Waals surface area contributed by atoms with Crippen molar-refractivity contribution in [3.05, 3.63) is 34.1 Å². The van der Waals surface area contributed by atoms with Crippen molar-refractivity contribution < 1.29 is 4.39 Å². The van der Waals surface area contributed by atoms with E-state index in [1.165, 1.54) is 18.9 Å². The van der Waals surface area contributed by atoms with Crippen molar-refractivity contribution in [1.82, 2.24) is 5.43 Å². The highest BCUT2D eigenvalue weighted by Gasteiger charge is 2.30. The maximum atomic E-state index is 13.5. The second kappa shape index (κ2) is 4.60. The summed E-state index contributed by atoms with van der Waals surface area (Å²) in [5.74, 6) is 5.93. The monoisotopic (exact) mass is 272 g/mol. The van der Waals surface area contributed by atoms with Crippen LogP contribution < -0.4 is 11.3 Å². The lowest BCUT2D eigenvalue weighted by Gasteiger charge is -2.15. The summed E-state index contributed by atoms with van der Waals surface area (Å²) in [6, 6.07) is 5.22. The molecule has 4 heteroatoms. The predicted molar refractivity (Wildman–Crippen MR) is 61.6 cm³/mol. The molecular weight excluding hydrogens is 259 g/mol. The summed E-state index contributed by atoms with van der Waals surface area (Å²) in [7, 11) is 0. The molecule has 2 nitrogen and oxygen atoms in total. The Labute approximate surface area is 97.1 Å². The first-order valence-corrected chi connectivity index (χ1v) is 5.90. The Morgan fingerprint density at radius 2 is 2.27 bits per heavy atom. The number of hydrogen-bond donors (Lipinski definition) is 2. The fourth-order valence-corrected chi connectivity index (χ4v) is 2.21. The minimum absolute atomic E-state index is 0.154. The number of halogens is 2. The first-order chi connectivity index (χ1) is 7.20. The Bertz CT molecular complexity index is 352. The Morgan fingerprint density at radius 1 is 1.53 bits per heavy atom. The third-order valence-electron chi connectivity index (χ3n) is 2.85. The van der Waals surface area contributed by atoms with Gasteiger partial charge in [-0.15, -0.1) is 0 Å². The maximum absolute atomic E-state index is 13.5. The van der Waals surface area contributed by atoms with Gasteiger partial charge in [-0.3, -0.25) is 11.3 Å². The molecule has 0 bridgehead atoms. The molecule has 0 aromatic heterocycles. The number of nitrogens with one attached hydrogen (secondary N) is 1. The molecule has 2 rings (SSSR count). The molecule has 1 fully saturated rings. The van der Waals surface area contributed by atoms with Crippen molar-refractivity contribution in [2.24, 2.45) is 11.8 Å². The lowest BCUT2D eigenvalue weighted by molar-refractivity contribution is 0.462. The summed E-state index contributed by atoms with van der Waals surface area (Å²) < 4.78 is 14.4. The van der Waals surface area contributed by atoms with Crippen LogP contribution in [0.3, 0.4) is 0 Å². The number of nitrogens with two attached hydrogens (primary N) is 1. The van der Waals surface area contributed by atoms with E-state index < -0.39 is 0 Å². The van der Waals surface area contributed by atoms with E-state index >= 15 is 0 Å². The van der Waals surface area contributed by atoms with Crippen LogP contribution in [-0.4, -0.2) is 6.04 Å². The van der Waals surface area contributed by atoms with Gasteiger partial charge in [-0.1, -0.05) is 15.9 Å². The zero-order valence-corrected chi connectivity index (χ0v) is 9.93. The van der Waals surface area contributed by atoms with Crippen molar-refractivity contribution in [3.63, 3.8) is 0 Å². The molecule has 15 heavy (non-hydrogen) atoms. The van der Waals surface area contributed by atoms with Gasteiger partial charge in [0.05, 0.1) is 0 Å². The molecule has 1 aromatic carbocycles. The van der Waals surface area contributed by atoms with Gasteiger partial charge in [-0.05, 0) is 48.9 Å². The Morgan fingerprint density at radius 3 is 2.87 bits per heavy atom. The molecule has 82 valence electrons. The van der Waals surface area contributed by atoms with Crippen LogP contribution in [0.1, 0.15) is 18.4 Å². The molecule has 1 atom stereocenters. The van der Waals surface area contributed by atoms with E-state index in [2.05, 4.69) is 21.4 Å². The summed E-state index contributed by atoms with van der Waals surface area (Å²) in [5, 5.41) is 0. The number of rotatable bonds is 4. The number of hydrogen-bond acceptors (Lipinski definition) is 2. The summed E-state index contributed by atoms with van der Waals surface area (Å²) in [5.41, 5.74) is 3.50. The summed E-state index contributed by atoms with van der Waals surface area (Å²) in [4.78, 5) is 0. The average molecular weight is 273 g/mol. The van der Waals surface area contributed by atoms with Gasteiger partial charge in [0.25, 0.3) is 0 Å². The molecule has 0 radical (unpaired) electrons. The van der Waals surface area contributed by atoms with Gasteiger partial charge in [-0.25, -0.2) is 4.39 Å². The minimum atomic E-state index is -0.154. The molecule has 1 aliphatic rings. The minimum Gasteiger partial charge on any atom is -0.271 e. The van der Waals surface area contributed by atoms with Crippen molar-refractivity contribution in [1.29, 1.82) is 0 Å². The average Bonchev–Trinajstić information content (AvgIpc) is 3.03. The normalized spacial score (nSPS) is 17.8. The topological polar surface area (TPSA) is 38.0 Å². The van der Waals surface area contributed by atoms with Crippen LogP contribution in [0.5, 0.6) is 0 Å². The van der Waals surface area contributed by atoms with E-state index in [4.69, 9.17) is 5.84 Å². The van der Waals surface area contributed by atoms with Gasteiger partial charge < -0.3 is 0 Å². The lowest BCUT2D eigenvalue weighted by Crippen LogP contribution is -2.38. The van der Waals surface area contributed by atoms with Crippen molar-refractivity contribution in [3.8, 4) is 0 Å². The smallest absolute Gasteiger partial charge is 0.126 e. The highest BCUT2D eigenvalue weighted by molar-refractivity contribution is 9.10. The van der Waals surface area contributed by atoms with Crippen molar-refractivity contribution >= 4 is 15.9 Å².